The summed E-state index contributed by atoms with van der Waals surface area (Å²) in [5.74, 6) is -2.03. The molecule has 4 heteroatoms. The number of fused-ring (bicyclic) bond motifs is 1. The van der Waals surface area contributed by atoms with Gasteiger partial charge in [0.25, 0.3) is 0 Å². The predicted molar refractivity (Wildman–Crippen MR) is 72.2 cm³/mol. The van der Waals surface area contributed by atoms with Crippen molar-refractivity contribution in [3.05, 3.63) is 77.6 Å². The smallest absolute Gasteiger partial charge is 0.165 e. The maximum Gasteiger partial charge on any atom is 0.165 e. The lowest BCUT2D eigenvalue weighted by atomic mass is 10.0. The third kappa shape index (κ3) is 2.04. The normalized spacial score (nSPS) is 12.6. The van der Waals surface area contributed by atoms with Crippen molar-refractivity contribution < 1.29 is 13.9 Å². The first-order valence-corrected chi connectivity index (χ1v) is 6.14. The Morgan fingerprint density at radius 3 is 2.60 bits per heavy atom. The van der Waals surface area contributed by atoms with Crippen molar-refractivity contribution in [2.75, 3.05) is 0 Å². The van der Waals surface area contributed by atoms with Crippen molar-refractivity contribution in [3.8, 4) is 0 Å². The summed E-state index contributed by atoms with van der Waals surface area (Å²) in [6.45, 7) is 0. The number of aliphatic hydroxyl groups is 1. The van der Waals surface area contributed by atoms with Gasteiger partial charge in [-0.1, -0.05) is 36.4 Å². The SMILES string of the molecule is OC(c1cccc(F)c1F)c1nccc2ccccc12. The Kier molecular flexibility index (Phi) is 3.16. The van der Waals surface area contributed by atoms with Gasteiger partial charge in [0.15, 0.2) is 11.6 Å². The van der Waals surface area contributed by atoms with Gasteiger partial charge in [-0.05, 0) is 17.5 Å². The second kappa shape index (κ2) is 4.98. The zero-order valence-corrected chi connectivity index (χ0v) is 10.4. The fourth-order valence-electron chi connectivity index (χ4n) is 2.24. The highest BCUT2D eigenvalue weighted by atomic mass is 19.2. The van der Waals surface area contributed by atoms with Gasteiger partial charge < -0.3 is 5.11 Å². The minimum absolute atomic E-state index is 0.117. The molecule has 0 bridgehead atoms. The Labute approximate surface area is 114 Å². The highest BCUT2D eigenvalue weighted by molar-refractivity contribution is 5.84. The molecule has 0 saturated heterocycles. The fourth-order valence-corrected chi connectivity index (χ4v) is 2.24. The minimum Gasteiger partial charge on any atom is -0.382 e. The zero-order chi connectivity index (χ0) is 14.1. The summed E-state index contributed by atoms with van der Waals surface area (Å²) in [7, 11) is 0. The van der Waals surface area contributed by atoms with Gasteiger partial charge in [0.2, 0.25) is 0 Å². The van der Waals surface area contributed by atoms with E-state index in [-0.39, 0.29) is 5.56 Å². The minimum atomic E-state index is -1.31. The van der Waals surface area contributed by atoms with E-state index in [1.165, 1.54) is 18.3 Å². The summed E-state index contributed by atoms with van der Waals surface area (Å²) < 4.78 is 27.0. The Morgan fingerprint density at radius 1 is 0.950 bits per heavy atom. The van der Waals surface area contributed by atoms with E-state index in [1.807, 2.05) is 18.2 Å². The molecule has 0 saturated carbocycles. The van der Waals surface area contributed by atoms with Crippen LogP contribution >= 0.6 is 0 Å². The first-order valence-electron chi connectivity index (χ1n) is 6.14. The lowest BCUT2D eigenvalue weighted by Gasteiger charge is -2.14. The Balaban J connectivity index is 2.18. The van der Waals surface area contributed by atoms with Gasteiger partial charge in [0.05, 0.1) is 5.69 Å². The standard InChI is InChI=1S/C16H11F2NO/c17-13-7-3-6-12(14(13)18)16(20)15-11-5-2-1-4-10(11)8-9-19-15/h1-9,16,20H. The summed E-state index contributed by atoms with van der Waals surface area (Å²) in [4.78, 5) is 4.11. The highest BCUT2D eigenvalue weighted by Gasteiger charge is 2.20. The number of halogens is 2. The van der Waals surface area contributed by atoms with E-state index in [4.69, 9.17) is 0 Å². The summed E-state index contributed by atoms with van der Waals surface area (Å²) in [5, 5.41) is 11.9. The van der Waals surface area contributed by atoms with Crippen LogP contribution in [0.2, 0.25) is 0 Å². The van der Waals surface area contributed by atoms with Gasteiger partial charge in [0, 0.05) is 17.1 Å². The topological polar surface area (TPSA) is 33.1 Å². The molecule has 3 aromatic rings. The average molecular weight is 271 g/mol. The number of benzene rings is 2. The highest BCUT2D eigenvalue weighted by Crippen LogP contribution is 2.29. The van der Waals surface area contributed by atoms with E-state index in [2.05, 4.69) is 4.98 Å². The van der Waals surface area contributed by atoms with Crippen molar-refractivity contribution in [2.45, 2.75) is 6.10 Å². The molecular formula is C16H11F2NO. The van der Waals surface area contributed by atoms with Gasteiger partial charge in [-0.25, -0.2) is 8.78 Å². The summed E-state index contributed by atoms with van der Waals surface area (Å²) in [5.41, 5.74) is 0.196. The maximum absolute atomic E-state index is 13.8. The monoisotopic (exact) mass is 271 g/mol. The number of aromatic nitrogens is 1. The van der Waals surface area contributed by atoms with Crippen LogP contribution in [0.3, 0.4) is 0 Å². The number of aliphatic hydroxyl groups excluding tert-OH is 1. The Bertz CT molecular complexity index is 768. The molecule has 20 heavy (non-hydrogen) atoms. The molecule has 0 fully saturated rings. The van der Waals surface area contributed by atoms with Crippen LogP contribution in [0.25, 0.3) is 10.8 Å². The van der Waals surface area contributed by atoms with Crippen LogP contribution in [-0.4, -0.2) is 10.1 Å². The second-order valence-electron chi connectivity index (χ2n) is 4.46. The van der Waals surface area contributed by atoms with Crippen LogP contribution in [0, 0.1) is 11.6 Å². The fraction of sp³-hybridized carbons (Fsp3) is 0.0625. The van der Waals surface area contributed by atoms with Gasteiger partial charge in [0.1, 0.15) is 6.10 Å². The van der Waals surface area contributed by atoms with Gasteiger partial charge >= 0.3 is 0 Å². The van der Waals surface area contributed by atoms with E-state index < -0.39 is 17.7 Å². The molecule has 0 spiro atoms. The molecular weight excluding hydrogens is 260 g/mol. The predicted octanol–water partition coefficient (Wildman–Crippen LogP) is 3.59. The lowest BCUT2D eigenvalue weighted by Crippen LogP contribution is -2.06. The van der Waals surface area contributed by atoms with E-state index in [0.717, 1.165) is 11.5 Å². The van der Waals surface area contributed by atoms with Crippen LogP contribution in [-0.2, 0) is 0 Å². The number of nitrogens with zero attached hydrogens (tertiary/aromatic N) is 1. The molecule has 100 valence electrons. The van der Waals surface area contributed by atoms with Crippen LogP contribution in [0.5, 0.6) is 0 Å². The summed E-state index contributed by atoms with van der Waals surface area (Å²) >= 11 is 0. The van der Waals surface area contributed by atoms with E-state index in [1.54, 1.807) is 12.1 Å². The molecule has 1 unspecified atom stereocenters. The van der Waals surface area contributed by atoms with Gasteiger partial charge in [-0.2, -0.15) is 0 Å². The summed E-state index contributed by atoms with van der Waals surface area (Å²) in [6, 6.07) is 12.9. The molecule has 1 aromatic heterocycles. The zero-order valence-electron chi connectivity index (χ0n) is 10.4. The molecule has 1 N–H and O–H groups in total. The molecule has 0 radical (unpaired) electrons. The van der Waals surface area contributed by atoms with Crippen LogP contribution in [0.15, 0.2) is 54.7 Å². The molecule has 0 aliphatic heterocycles. The van der Waals surface area contributed by atoms with Crippen LogP contribution < -0.4 is 0 Å². The third-order valence-corrected chi connectivity index (χ3v) is 3.24. The first-order chi connectivity index (χ1) is 9.68. The number of rotatable bonds is 2. The molecule has 2 aromatic carbocycles. The number of pyridine rings is 1. The first kappa shape index (κ1) is 12.7. The van der Waals surface area contributed by atoms with E-state index in [0.29, 0.717) is 11.1 Å². The summed E-state index contributed by atoms with van der Waals surface area (Å²) in [6.07, 6.45) is 0.231. The number of hydrogen-bond acceptors (Lipinski definition) is 2. The largest absolute Gasteiger partial charge is 0.382 e. The van der Waals surface area contributed by atoms with Crippen molar-refractivity contribution >= 4 is 10.8 Å². The molecule has 0 aliphatic carbocycles. The van der Waals surface area contributed by atoms with Crippen molar-refractivity contribution in [1.29, 1.82) is 0 Å². The van der Waals surface area contributed by atoms with Crippen molar-refractivity contribution in [1.82, 2.24) is 4.98 Å². The molecule has 1 heterocycles. The molecule has 0 amide bonds. The van der Waals surface area contributed by atoms with Crippen molar-refractivity contribution in [2.24, 2.45) is 0 Å². The van der Waals surface area contributed by atoms with Crippen LogP contribution in [0.4, 0.5) is 8.78 Å². The average Bonchev–Trinajstić information content (AvgIpc) is 2.49. The van der Waals surface area contributed by atoms with Gasteiger partial charge in [-0.15, -0.1) is 0 Å². The van der Waals surface area contributed by atoms with Gasteiger partial charge in [-0.3, -0.25) is 4.98 Å². The molecule has 2 nitrogen and oxygen atoms in total. The lowest BCUT2D eigenvalue weighted by molar-refractivity contribution is 0.210. The second-order valence-corrected chi connectivity index (χ2v) is 4.46. The van der Waals surface area contributed by atoms with Crippen molar-refractivity contribution in [3.63, 3.8) is 0 Å². The quantitative estimate of drug-likeness (QED) is 0.772. The van der Waals surface area contributed by atoms with E-state index in [9.17, 15) is 13.9 Å². The number of hydrogen-bond donors (Lipinski definition) is 1. The third-order valence-electron chi connectivity index (χ3n) is 3.24. The van der Waals surface area contributed by atoms with Crippen LogP contribution in [0.1, 0.15) is 17.4 Å². The Morgan fingerprint density at radius 2 is 1.75 bits per heavy atom. The molecule has 1 atom stereocenters. The van der Waals surface area contributed by atoms with E-state index >= 15 is 0 Å². The molecule has 3 rings (SSSR count). The Hall–Kier alpha value is -2.33. The maximum atomic E-state index is 13.8. The molecule has 0 aliphatic rings.